The van der Waals surface area contributed by atoms with E-state index in [1.54, 1.807) is 0 Å². The van der Waals surface area contributed by atoms with Gasteiger partial charge in [-0.3, -0.25) is 0 Å². The average Bonchev–Trinajstić information content (AvgIpc) is 1.94. The molecule has 0 unspecified atom stereocenters. The van der Waals surface area contributed by atoms with Crippen LogP contribution in [0.2, 0.25) is 5.02 Å². The van der Waals surface area contributed by atoms with Gasteiger partial charge in [-0.25, -0.2) is 0 Å². The number of hydrogen-bond donors (Lipinski definition) is 1. The molecule has 0 fully saturated rings. The number of halogens is 2. The molecule has 1 atom stereocenters. The van der Waals surface area contributed by atoms with E-state index in [9.17, 15) is 0 Å². The summed E-state index contributed by atoms with van der Waals surface area (Å²) in [4.78, 5) is 0. The molecular formula is C8H9BrClN. The van der Waals surface area contributed by atoms with Crippen molar-refractivity contribution in [3.8, 4) is 0 Å². The Morgan fingerprint density at radius 3 is 2.64 bits per heavy atom. The van der Waals surface area contributed by atoms with Crippen molar-refractivity contribution in [2.24, 2.45) is 5.73 Å². The van der Waals surface area contributed by atoms with Crippen LogP contribution in [-0.4, -0.2) is 0 Å². The smallest absolute Gasteiger partial charge is 0.0551 e. The predicted octanol–water partition coefficient (Wildman–Crippen LogP) is 3.12. The largest absolute Gasteiger partial charge is 0.324 e. The van der Waals surface area contributed by atoms with Crippen LogP contribution in [0.15, 0.2) is 22.7 Å². The van der Waals surface area contributed by atoms with Crippen LogP contribution in [-0.2, 0) is 0 Å². The van der Waals surface area contributed by atoms with Crippen molar-refractivity contribution in [3.05, 3.63) is 33.3 Å². The zero-order valence-electron chi connectivity index (χ0n) is 6.14. The van der Waals surface area contributed by atoms with E-state index in [4.69, 9.17) is 17.3 Å². The van der Waals surface area contributed by atoms with E-state index >= 15 is 0 Å². The molecule has 11 heavy (non-hydrogen) atoms. The summed E-state index contributed by atoms with van der Waals surface area (Å²) >= 11 is 9.22. The Morgan fingerprint density at radius 1 is 1.55 bits per heavy atom. The van der Waals surface area contributed by atoms with Crippen LogP contribution in [0.25, 0.3) is 0 Å². The molecule has 2 N–H and O–H groups in total. The second-order valence-corrected chi connectivity index (χ2v) is 3.63. The standard InChI is InChI=1S/C8H9BrClN/c1-5(11)6-3-2-4-7(10)8(6)9/h2-5H,11H2,1H3/t5-/m0/s1. The summed E-state index contributed by atoms with van der Waals surface area (Å²) in [5, 5.41) is 0.708. The van der Waals surface area contributed by atoms with Crippen molar-refractivity contribution in [3.63, 3.8) is 0 Å². The Morgan fingerprint density at radius 2 is 2.18 bits per heavy atom. The highest BCUT2D eigenvalue weighted by atomic mass is 79.9. The SMILES string of the molecule is C[C@H](N)c1cccc(Cl)c1Br. The van der Waals surface area contributed by atoms with Gasteiger partial charge in [-0.1, -0.05) is 23.7 Å². The highest BCUT2D eigenvalue weighted by Gasteiger charge is 2.06. The first-order valence-corrected chi connectivity index (χ1v) is 4.49. The molecule has 1 aromatic carbocycles. The first-order valence-electron chi connectivity index (χ1n) is 3.32. The summed E-state index contributed by atoms with van der Waals surface area (Å²) in [5.41, 5.74) is 6.73. The lowest BCUT2D eigenvalue weighted by Crippen LogP contribution is -2.05. The summed E-state index contributed by atoms with van der Waals surface area (Å²) in [6.45, 7) is 1.93. The molecular weight excluding hydrogens is 225 g/mol. The molecule has 0 heterocycles. The Bertz CT molecular complexity index is 260. The lowest BCUT2D eigenvalue weighted by molar-refractivity contribution is 0.813. The molecule has 0 spiro atoms. The third kappa shape index (κ3) is 1.95. The van der Waals surface area contributed by atoms with Crippen molar-refractivity contribution < 1.29 is 0 Å². The van der Waals surface area contributed by atoms with Gasteiger partial charge in [0.05, 0.1) is 5.02 Å². The van der Waals surface area contributed by atoms with Crippen LogP contribution >= 0.6 is 27.5 Å². The summed E-state index contributed by atoms with van der Waals surface area (Å²) in [7, 11) is 0. The molecule has 0 aliphatic carbocycles. The minimum atomic E-state index is 0.0167. The third-order valence-electron chi connectivity index (χ3n) is 1.47. The quantitative estimate of drug-likeness (QED) is 0.794. The predicted molar refractivity (Wildman–Crippen MR) is 51.8 cm³/mol. The second kappa shape index (κ2) is 3.57. The lowest BCUT2D eigenvalue weighted by Gasteiger charge is -2.08. The monoisotopic (exact) mass is 233 g/mol. The summed E-state index contributed by atoms with van der Waals surface area (Å²) in [6, 6.07) is 5.70. The molecule has 0 aliphatic heterocycles. The Labute approximate surface area is 79.7 Å². The average molecular weight is 235 g/mol. The van der Waals surface area contributed by atoms with Crippen molar-refractivity contribution in [1.82, 2.24) is 0 Å². The van der Waals surface area contributed by atoms with Crippen LogP contribution < -0.4 is 5.73 Å². The molecule has 0 radical (unpaired) electrons. The Hall–Kier alpha value is -0.0500. The molecule has 0 saturated heterocycles. The van der Waals surface area contributed by atoms with Gasteiger partial charge in [0.1, 0.15) is 0 Å². The van der Waals surface area contributed by atoms with Gasteiger partial charge in [0.2, 0.25) is 0 Å². The maximum absolute atomic E-state index is 5.86. The molecule has 0 aliphatic rings. The maximum atomic E-state index is 5.86. The summed E-state index contributed by atoms with van der Waals surface area (Å²) in [5.74, 6) is 0. The van der Waals surface area contributed by atoms with E-state index in [2.05, 4.69) is 15.9 Å². The fourth-order valence-electron chi connectivity index (χ4n) is 0.872. The van der Waals surface area contributed by atoms with Gasteiger partial charge in [0, 0.05) is 10.5 Å². The van der Waals surface area contributed by atoms with Gasteiger partial charge < -0.3 is 5.73 Å². The molecule has 0 amide bonds. The van der Waals surface area contributed by atoms with Gasteiger partial charge >= 0.3 is 0 Å². The van der Waals surface area contributed by atoms with Crippen LogP contribution in [0.4, 0.5) is 0 Å². The van der Waals surface area contributed by atoms with Crippen molar-refractivity contribution in [2.75, 3.05) is 0 Å². The summed E-state index contributed by atoms with van der Waals surface area (Å²) in [6.07, 6.45) is 0. The molecule has 1 nitrogen and oxygen atoms in total. The van der Waals surface area contributed by atoms with Gasteiger partial charge in [-0.05, 0) is 34.5 Å². The Balaban J connectivity index is 3.17. The van der Waals surface area contributed by atoms with Gasteiger partial charge in [0.25, 0.3) is 0 Å². The number of rotatable bonds is 1. The van der Waals surface area contributed by atoms with E-state index in [0.717, 1.165) is 10.0 Å². The van der Waals surface area contributed by atoms with Crippen molar-refractivity contribution in [1.29, 1.82) is 0 Å². The fraction of sp³-hybridized carbons (Fsp3) is 0.250. The van der Waals surface area contributed by atoms with E-state index in [1.807, 2.05) is 25.1 Å². The number of benzene rings is 1. The lowest BCUT2D eigenvalue weighted by atomic mass is 10.1. The molecule has 0 bridgehead atoms. The first kappa shape index (κ1) is 9.04. The zero-order valence-corrected chi connectivity index (χ0v) is 8.48. The van der Waals surface area contributed by atoms with Crippen molar-refractivity contribution >= 4 is 27.5 Å². The Kier molecular flexibility index (Phi) is 2.93. The molecule has 1 rings (SSSR count). The van der Waals surface area contributed by atoms with E-state index in [0.29, 0.717) is 5.02 Å². The number of hydrogen-bond acceptors (Lipinski definition) is 1. The van der Waals surface area contributed by atoms with Gasteiger partial charge in [-0.15, -0.1) is 0 Å². The fourth-order valence-corrected chi connectivity index (χ4v) is 1.68. The van der Waals surface area contributed by atoms with Crippen LogP contribution in [0.5, 0.6) is 0 Å². The minimum Gasteiger partial charge on any atom is -0.324 e. The van der Waals surface area contributed by atoms with Gasteiger partial charge in [0.15, 0.2) is 0 Å². The van der Waals surface area contributed by atoms with E-state index in [1.165, 1.54) is 0 Å². The highest BCUT2D eigenvalue weighted by Crippen LogP contribution is 2.28. The molecule has 60 valence electrons. The minimum absolute atomic E-state index is 0.0167. The molecule has 3 heteroatoms. The van der Waals surface area contributed by atoms with Crippen LogP contribution in [0.3, 0.4) is 0 Å². The second-order valence-electron chi connectivity index (χ2n) is 2.43. The highest BCUT2D eigenvalue weighted by molar-refractivity contribution is 9.10. The summed E-state index contributed by atoms with van der Waals surface area (Å²) < 4.78 is 0.900. The first-order chi connectivity index (χ1) is 5.13. The normalized spacial score (nSPS) is 13.1. The topological polar surface area (TPSA) is 26.0 Å². The van der Waals surface area contributed by atoms with E-state index in [-0.39, 0.29) is 6.04 Å². The van der Waals surface area contributed by atoms with Crippen LogP contribution in [0.1, 0.15) is 18.5 Å². The van der Waals surface area contributed by atoms with E-state index < -0.39 is 0 Å². The number of nitrogens with two attached hydrogens (primary N) is 1. The van der Waals surface area contributed by atoms with Gasteiger partial charge in [-0.2, -0.15) is 0 Å². The zero-order chi connectivity index (χ0) is 8.43. The third-order valence-corrected chi connectivity index (χ3v) is 2.90. The molecule has 0 saturated carbocycles. The van der Waals surface area contributed by atoms with Crippen LogP contribution in [0, 0.1) is 0 Å². The molecule has 1 aromatic rings. The van der Waals surface area contributed by atoms with Crippen molar-refractivity contribution in [2.45, 2.75) is 13.0 Å². The maximum Gasteiger partial charge on any atom is 0.0551 e. The molecule has 0 aromatic heterocycles.